The lowest BCUT2D eigenvalue weighted by atomic mass is 9.82. The molecule has 0 spiro atoms. The second-order valence-corrected chi connectivity index (χ2v) is 5.86. The van der Waals surface area contributed by atoms with E-state index in [2.05, 4.69) is 29.1 Å². The standard InChI is InChI=1S/C15H25N3O/c1-5-16-15-17-12(4)9-14(18-15)19-13-7-10(2)6-11(3)8-13/h9-11,13H,5-8H2,1-4H3,(H,16,17,18). The molecule has 2 rings (SSSR count). The number of anilines is 1. The van der Waals surface area contributed by atoms with Crippen molar-refractivity contribution in [3.63, 3.8) is 0 Å². The second-order valence-electron chi connectivity index (χ2n) is 5.86. The monoisotopic (exact) mass is 263 g/mol. The first-order valence-electron chi connectivity index (χ1n) is 7.33. The molecule has 1 aliphatic rings. The summed E-state index contributed by atoms with van der Waals surface area (Å²) >= 11 is 0. The average Bonchev–Trinajstić information content (AvgIpc) is 2.26. The molecule has 0 saturated heterocycles. The van der Waals surface area contributed by atoms with E-state index in [0.29, 0.717) is 17.9 Å². The number of nitrogens with one attached hydrogen (secondary N) is 1. The summed E-state index contributed by atoms with van der Waals surface area (Å²) in [4.78, 5) is 8.77. The van der Waals surface area contributed by atoms with Gasteiger partial charge in [-0.3, -0.25) is 0 Å². The maximum Gasteiger partial charge on any atom is 0.226 e. The summed E-state index contributed by atoms with van der Waals surface area (Å²) in [5.74, 6) is 2.85. The molecule has 19 heavy (non-hydrogen) atoms. The largest absolute Gasteiger partial charge is 0.474 e. The number of aryl methyl sites for hydroxylation is 1. The van der Waals surface area contributed by atoms with E-state index >= 15 is 0 Å². The van der Waals surface area contributed by atoms with Crippen LogP contribution < -0.4 is 10.1 Å². The Bertz CT molecular complexity index is 412. The Hall–Kier alpha value is -1.32. The normalized spacial score (nSPS) is 27.1. The van der Waals surface area contributed by atoms with Crippen molar-refractivity contribution in [2.75, 3.05) is 11.9 Å². The van der Waals surface area contributed by atoms with E-state index in [1.807, 2.05) is 19.9 Å². The minimum Gasteiger partial charge on any atom is -0.474 e. The third kappa shape index (κ3) is 4.08. The summed E-state index contributed by atoms with van der Waals surface area (Å²) in [5.41, 5.74) is 0.942. The van der Waals surface area contributed by atoms with E-state index in [4.69, 9.17) is 4.74 Å². The van der Waals surface area contributed by atoms with Gasteiger partial charge in [-0.1, -0.05) is 13.8 Å². The first-order valence-corrected chi connectivity index (χ1v) is 7.33. The zero-order chi connectivity index (χ0) is 13.8. The first kappa shape index (κ1) is 14.1. The third-order valence-electron chi connectivity index (χ3n) is 3.59. The predicted molar refractivity (Wildman–Crippen MR) is 77.5 cm³/mol. The van der Waals surface area contributed by atoms with Crippen molar-refractivity contribution < 1.29 is 4.74 Å². The zero-order valence-electron chi connectivity index (χ0n) is 12.4. The van der Waals surface area contributed by atoms with Gasteiger partial charge in [-0.15, -0.1) is 0 Å². The van der Waals surface area contributed by atoms with Crippen molar-refractivity contribution in [1.29, 1.82) is 0 Å². The number of aromatic nitrogens is 2. The molecule has 2 unspecified atom stereocenters. The highest BCUT2D eigenvalue weighted by molar-refractivity contribution is 5.30. The Balaban J connectivity index is 2.05. The molecule has 0 radical (unpaired) electrons. The highest BCUT2D eigenvalue weighted by atomic mass is 16.5. The molecular weight excluding hydrogens is 238 g/mol. The van der Waals surface area contributed by atoms with E-state index in [1.165, 1.54) is 6.42 Å². The third-order valence-corrected chi connectivity index (χ3v) is 3.59. The second kappa shape index (κ2) is 6.22. The van der Waals surface area contributed by atoms with Crippen LogP contribution in [0.15, 0.2) is 6.07 Å². The Morgan fingerprint density at radius 3 is 2.53 bits per heavy atom. The summed E-state index contributed by atoms with van der Waals surface area (Å²) in [7, 11) is 0. The van der Waals surface area contributed by atoms with Gasteiger partial charge >= 0.3 is 0 Å². The zero-order valence-corrected chi connectivity index (χ0v) is 12.4. The van der Waals surface area contributed by atoms with Crippen LogP contribution in [0, 0.1) is 18.8 Å². The van der Waals surface area contributed by atoms with Crippen molar-refractivity contribution in [2.45, 2.75) is 53.1 Å². The fraction of sp³-hybridized carbons (Fsp3) is 0.733. The van der Waals surface area contributed by atoms with E-state index < -0.39 is 0 Å². The van der Waals surface area contributed by atoms with Crippen molar-refractivity contribution in [2.24, 2.45) is 11.8 Å². The molecule has 1 aromatic rings. The SMILES string of the molecule is CCNc1nc(C)cc(OC2CC(C)CC(C)C2)n1. The average molecular weight is 263 g/mol. The number of ether oxygens (including phenoxy) is 1. The highest BCUT2D eigenvalue weighted by Crippen LogP contribution is 2.31. The van der Waals surface area contributed by atoms with Gasteiger partial charge in [0.25, 0.3) is 0 Å². The lowest BCUT2D eigenvalue weighted by Gasteiger charge is -2.31. The van der Waals surface area contributed by atoms with Gasteiger partial charge in [-0.05, 0) is 44.9 Å². The summed E-state index contributed by atoms with van der Waals surface area (Å²) in [6, 6.07) is 1.92. The van der Waals surface area contributed by atoms with E-state index in [-0.39, 0.29) is 0 Å². The van der Waals surface area contributed by atoms with Crippen molar-refractivity contribution >= 4 is 5.95 Å². The number of nitrogens with zero attached hydrogens (tertiary/aromatic N) is 2. The van der Waals surface area contributed by atoms with Gasteiger partial charge < -0.3 is 10.1 Å². The maximum atomic E-state index is 6.07. The summed E-state index contributed by atoms with van der Waals surface area (Å²) in [5, 5.41) is 3.14. The Morgan fingerprint density at radius 2 is 1.89 bits per heavy atom. The molecule has 106 valence electrons. The maximum absolute atomic E-state index is 6.07. The summed E-state index contributed by atoms with van der Waals surface area (Å²) in [6.45, 7) is 9.45. The topological polar surface area (TPSA) is 47.0 Å². The van der Waals surface area contributed by atoms with Gasteiger partial charge in [0.2, 0.25) is 11.8 Å². The van der Waals surface area contributed by atoms with Crippen molar-refractivity contribution in [3.8, 4) is 5.88 Å². The van der Waals surface area contributed by atoms with Gasteiger partial charge in [0.1, 0.15) is 6.10 Å². The minimum atomic E-state index is 0.294. The van der Waals surface area contributed by atoms with Gasteiger partial charge in [0.15, 0.2) is 0 Å². The molecule has 1 aliphatic carbocycles. The lowest BCUT2D eigenvalue weighted by molar-refractivity contribution is 0.0966. The smallest absolute Gasteiger partial charge is 0.226 e. The van der Waals surface area contributed by atoms with Gasteiger partial charge in [0.05, 0.1) is 0 Å². The van der Waals surface area contributed by atoms with Gasteiger partial charge in [0, 0.05) is 18.3 Å². The molecule has 1 N–H and O–H groups in total. The molecule has 4 heteroatoms. The lowest BCUT2D eigenvalue weighted by Crippen LogP contribution is -2.28. The van der Waals surface area contributed by atoms with E-state index in [1.54, 1.807) is 0 Å². The van der Waals surface area contributed by atoms with Crippen LogP contribution in [-0.2, 0) is 0 Å². The fourth-order valence-corrected chi connectivity index (χ4v) is 2.98. The summed E-state index contributed by atoms with van der Waals surface area (Å²) < 4.78 is 6.07. The molecule has 0 aromatic carbocycles. The van der Waals surface area contributed by atoms with Crippen molar-refractivity contribution in [1.82, 2.24) is 9.97 Å². The van der Waals surface area contributed by atoms with Crippen LogP contribution in [0.4, 0.5) is 5.95 Å². The fourth-order valence-electron chi connectivity index (χ4n) is 2.98. The molecule has 1 fully saturated rings. The minimum absolute atomic E-state index is 0.294. The molecule has 1 saturated carbocycles. The van der Waals surface area contributed by atoms with Crippen LogP contribution >= 0.6 is 0 Å². The van der Waals surface area contributed by atoms with Crippen LogP contribution in [-0.4, -0.2) is 22.6 Å². The molecule has 0 bridgehead atoms. The molecule has 0 aliphatic heterocycles. The van der Waals surface area contributed by atoms with Crippen LogP contribution in [0.25, 0.3) is 0 Å². The molecular formula is C15H25N3O. The van der Waals surface area contributed by atoms with Gasteiger partial charge in [-0.25, -0.2) is 4.98 Å². The van der Waals surface area contributed by atoms with Crippen LogP contribution in [0.5, 0.6) is 5.88 Å². The molecule has 1 aromatic heterocycles. The van der Waals surface area contributed by atoms with Crippen molar-refractivity contribution in [3.05, 3.63) is 11.8 Å². The predicted octanol–water partition coefficient (Wildman–Crippen LogP) is 3.42. The van der Waals surface area contributed by atoms with E-state index in [0.717, 1.165) is 36.9 Å². The Labute approximate surface area is 116 Å². The molecule has 4 nitrogen and oxygen atoms in total. The highest BCUT2D eigenvalue weighted by Gasteiger charge is 2.25. The number of hydrogen-bond donors (Lipinski definition) is 1. The molecule has 2 atom stereocenters. The van der Waals surface area contributed by atoms with Crippen LogP contribution in [0.1, 0.15) is 45.7 Å². The van der Waals surface area contributed by atoms with Gasteiger partial charge in [-0.2, -0.15) is 4.98 Å². The van der Waals surface area contributed by atoms with E-state index in [9.17, 15) is 0 Å². The van der Waals surface area contributed by atoms with Crippen LogP contribution in [0.2, 0.25) is 0 Å². The first-order chi connectivity index (χ1) is 9.06. The number of rotatable bonds is 4. The van der Waals surface area contributed by atoms with Crippen LogP contribution in [0.3, 0.4) is 0 Å². The number of hydrogen-bond acceptors (Lipinski definition) is 4. The Morgan fingerprint density at radius 1 is 1.21 bits per heavy atom. The molecule has 1 heterocycles. The Kier molecular flexibility index (Phi) is 4.61. The molecule has 0 amide bonds. The summed E-state index contributed by atoms with van der Waals surface area (Å²) in [6.07, 6.45) is 3.86. The quantitative estimate of drug-likeness (QED) is 0.904.